The van der Waals surface area contributed by atoms with E-state index in [4.69, 9.17) is 67.5 Å². The molecule has 2 unspecified atom stereocenters. The van der Waals surface area contributed by atoms with Crippen molar-refractivity contribution in [2.75, 3.05) is 53.1 Å². The van der Waals surface area contributed by atoms with Gasteiger partial charge in [-0.15, -0.1) is 34.8 Å². The molecule has 0 aliphatic heterocycles. The molecule has 0 saturated carbocycles. The molecule has 5 aromatic rings. The molecule has 0 aliphatic rings. The zero-order valence-corrected chi connectivity index (χ0v) is 41.3. The van der Waals surface area contributed by atoms with E-state index in [2.05, 4.69) is 41.7 Å². The number of alkyl halides is 3. The zero-order chi connectivity index (χ0) is 50.2. The Morgan fingerprint density at radius 1 is 0.536 bits per heavy atom. The predicted molar refractivity (Wildman–Crippen MR) is 270 cm³/mol. The highest BCUT2D eigenvalue weighted by Gasteiger charge is 2.27. The van der Waals surface area contributed by atoms with Crippen molar-refractivity contribution in [3.8, 4) is 11.5 Å². The van der Waals surface area contributed by atoms with Crippen molar-refractivity contribution < 1.29 is 38.2 Å². The van der Waals surface area contributed by atoms with Crippen LogP contribution in [0.5, 0.6) is 11.5 Å². The maximum Gasteiger partial charge on any atom is 0.258 e. The second-order valence-corrected chi connectivity index (χ2v) is 16.8. The lowest BCUT2D eigenvalue weighted by Crippen LogP contribution is -2.32. The predicted octanol–water partition coefficient (Wildman–Crippen LogP) is 11.2. The van der Waals surface area contributed by atoms with E-state index in [1.54, 1.807) is 36.4 Å². The Labute approximate surface area is 422 Å². The minimum atomic E-state index is -1.63. The summed E-state index contributed by atoms with van der Waals surface area (Å²) in [4.78, 5) is 79.1. The van der Waals surface area contributed by atoms with E-state index in [0.717, 1.165) is 25.0 Å². The first-order valence-electron chi connectivity index (χ1n) is 20.9. The Hall–Kier alpha value is -6.43. The quantitative estimate of drug-likeness (QED) is 0.0296. The van der Waals surface area contributed by atoms with Crippen LogP contribution in [0.2, 0.25) is 10.0 Å². The molecular formula is C48H45Cl5N8O8. The first kappa shape index (κ1) is 53.5. The number of nitrogens with zero attached hydrogens (tertiary/aromatic N) is 4. The monoisotopic (exact) mass is 1040 g/mol. The summed E-state index contributed by atoms with van der Waals surface area (Å²) in [5.74, 6) is -2.24. The molecule has 0 fully saturated rings. The van der Waals surface area contributed by atoms with Crippen LogP contribution < -0.4 is 30.7 Å². The van der Waals surface area contributed by atoms with Gasteiger partial charge in [-0.25, -0.2) is 0 Å². The second kappa shape index (κ2) is 25.8. The first-order valence-corrected chi connectivity index (χ1v) is 23.3. The van der Waals surface area contributed by atoms with Gasteiger partial charge < -0.3 is 30.7 Å². The fourth-order valence-corrected chi connectivity index (χ4v) is 7.68. The van der Waals surface area contributed by atoms with Crippen LogP contribution in [0.4, 0.5) is 34.1 Å². The molecule has 2 atom stereocenters. The Morgan fingerprint density at radius 2 is 0.986 bits per heavy atom. The largest absolute Gasteiger partial charge is 0.497 e. The van der Waals surface area contributed by atoms with Gasteiger partial charge in [0.1, 0.15) is 22.9 Å². The van der Waals surface area contributed by atoms with Gasteiger partial charge in [-0.1, -0.05) is 35.3 Å². The summed E-state index contributed by atoms with van der Waals surface area (Å²) in [6.45, 7) is 2.32. The number of methoxy groups -OCH3 is 2. The Kier molecular flexibility index (Phi) is 20.0. The molecule has 21 heteroatoms. The fourth-order valence-electron chi connectivity index (χ4n) is 6.54. The summed E-state index contributed by atoms with van der Waals surface area (Å²) in [5, 5.41) is 26.8. The molecule has 0 aromatic heterocycles. The number of hydrogen-bond donors (Lipinski definition) is 4. The molecule has 5 rings (SSSR count). The van der Waals surface area contributed by atoms with E-state index in [0.29, 0.717) is 53.0 Å². The van der Waals surface area contributed by atoms with Crippen molar-refractivity contribution in [3.05, 3.63) is 129 Å². The maximum absolute atomic E-state index is 13.6. The van der Waals surface area contributed by atoms with Crippen molar-refractivity contribution in [2.24, 2.45) is 20.5 Å². The molecule has 0 bridgehead atoms. The lowest BCUT2D eigenvalue weighted by Gasteiger charge is -2.16. The minimum Gasteiger partial charge on any atom is -0.497 e. The summed E-state index contributed by atoms with van der Waals surface area (Å²) in [7, 11) is 3.01. The standard InChI is InChI=1S/C48H45Cl5N8O8/c1-26(62)43(60-58-39-9-5-7-36(41(39)52)45(64)55-32-19-28(13-16-49)21-34(24-32)68-3)47(66)54-31-11-12-38(30(23-31)15-18-51)57-48(67)44(27(2)63)61-59-40-10-6-8-37(42(40)53)46(65)56-33-20-29(14-17-50)22-35(25-33)69-4/h5-12,19-25,43-44H,13-18H2,1-4H3,(H,54,66)(H,55,64)(H,56,65)(H,57,67). The van der Waals surface area contributed by atoms with Crippen LogP contribution in [0.3, 0.4) is 0 Å². The molecule has 5 aromatic carbocycles. The summed E-state index contributed by atoms with van der Waals surface area (Å²) >= 11 is 31.1. The van der Waals surface area contributed by atoms with Gasteiger partial charge in [0.2, 0.25) is 12.1 Å². The number of carbonyl (C=O) groups is 6. The molecule has 16 nitrogen and oxygen atoms in total. The number of nitrogens with one attached hydrogen (secondary N) is 4. The van der Waals surface area contributed by atoms with E-state index in [9.17, 15) is 28.8 Å². The molecule has 0 saturated heterocycles. The third-order valence-corrected chi connectivity index (χ3v) is 11.3. The average molecular weight is 1040 g/mol. The molecule has 0 spiro atoms. The summed E-state index contributed by atoms with van der Waals surface area (Å²) < 4.78 is 10.7. The SMILES string of the molecule is COc1cc(CCCl)cc(NC(=O)c2cccc(N=NC(C(C)=O)C(=O)Nc3ccc(NC(=O)C(N=Nc4cccc(C(=O)Nc5cc(CCCl)cc(OC)c5)c4Cl)C(C)=O)c(CCCl)c3)c2Cl)c1. The van der Waals surface area contributed by atoms with Crippen LogP contribution in [-0.4, -0.2) is 79.1 Å². The fraction of sp³-hybridized carbons (Fsp3) is 0.250. The lowest BCUT2D eigenvalue weighted by atomic mass is 10.1. The van der Waals surface area contributed by atoms with Gasteiger partial charge >= 0.3 is 0 Å². The van der Waals surface area contributed by atoms with Crippen molar-refractivity contribution in [2.45, 2.75) is 45.2 Å². The topological polar surface area (TPSA) is 218 Å². The molecule has 0 heterocycles. The molecular weight excluding hydrogens is 994 g/mol. The average Bonchev–Trinajstić information content (AvgIpc) is 3.30. The number of ether oxygens (including phenoxy) is 2. The lowest BCUT2D eigenvalue weighted by molar-refractivity contribution is -0.127. The summed E-state index contributed by atoms with van der Waals surface area (Å²) in [6.07, 6.45) is 1.29. The van der Waals surface area contributed by atoms with Crippen LogP contribution in [-0.2, 0) is 38.4 Å². The van der Waals surface area contributed by atoms with Gasteiger partial charge in [0.25, 0.3) is 23.6 Å². The Morgan fingerprint density at radius 3 is 1.41 bits per heavy atom. The van der Waals surface area contributed by atoms with E-state index in [1.807, 2.05) is 0 Å². The number of carbonyl (C=O) groups excluding carboxylic acids is 6. The highest BCUT2D eigenvalue weighted by atomic mass is 35.5. The van der Waals surface area contributed by atoms with Gasteiger partial charge in [-0.3, -0.25) is 28.8 Å². The Bertz CT molecular complexity index is 2810. The van der Waals surface area contributed by atoms with Crippen molar-refractivity contribution in [1.82, 2.24) is 0 Å². The summed E-state index contributed by atoms with van der Waals surface area (Å²) in [6, 6.07) is 20.5. The number of halogens is 5. The van der Waals surface area contributed by atoms with Crippen molar-refractivity contribution >= 4 is 127 Å². The van der Waals surface area contributed by atoms with Gasteiger partial charge in [0.05, 0.1) is 35.4 Å². The number of aryl methyl sites for hydroxylation is 3. The number of azo groups is 2. The van der Waals surface area contributed by atoms with Gasteiger partial charge in [0, 0.05) is 52.5 Å². The third kappa shape index (κ3) is 14.8. The van der Waals surface area contributed by atoms with Crippen molar-refractivity contribution in [3.63, 3.8) is 0 Å². The molecule has 4 amide bonds. The number of amides is 4. The third-order valence-electron chi connectivity index (χ3n) is 9.96. The van der Waals surface area contributed by atoms with Gasteiger partial charge in [-0.05, 0) is 117 Å². The van der Waals surface area contributed by atoms with Crippen LogP contribution in [0.25, 0.3) is 0 Å². The van der Waals surface area contributed by atoms with E-state index in [1.165, 1.54) is 68.8 Å². The van der Waals surface area contributed by atoms with E-state index < -0.39 is 47.3 Å². The van der Waals surface area contributed by atoms with E-state index >= 15 is 0 Å². The normalized spacial score (nSPS) is 12.0. The number of anilines is 4. The highest BCUT2D eigenvalue weighted by molar-refractivity contribution is 6.37. The summed E-state index contributed by atoms with van der Waals surface area (Å²) in [5.41, 5.74) is 3.63. The number of ketones is 2. The van der Waals surface area contributed by atoms with Gasteiger partial charge in [-0.2, -0.15) is 20.5 Å². The maximum atomic E-state index is 13.6. The number of benzene rings is 5. The first-order chi connectivity index (χ1) is 33.1. The van der Waals surface area contributed by atoms with Gasteiger partial charge in [0.15, 0.2) is 11.6 Å². The number of hydrogen-bond acceptors (Lipinski definition) is 12. The molecule has 69 heavy (non-hydrogen) atoms. The number of rotatable bonds is 22. The van der Waals surface area contributed by atoms with Crippen LogP contribution in [0.15, 0.2) is 111 Å². The van der Waals surface area contributed by atoms with E-state index in [-0.39, 0.29) is 56.2 Å². The smallest absolute Gasteiger partial charge is 0.258 e. The van der Waals surface area contributed by atoms with Crippen molar-refractivity contribution in [1.29, 1.82) is 0 Å². The van der Waals surface area contributed by atoms with Crippen LogP contribution in [0.1, 0.15) is 51.3 Å². The molecule has 360 valence electrons. The second-order valence-electron chi connectivity index (χ2n) is 14.9. The number of Topliss-reactive ketones (excluding diaryl/α,β-unsaturated/α-hetero) is 2. The molecule has 0 aliphatic carbocycles. The highest BCUT2D eigenvalue weighted by Crippen LogP contribution is 2.33. The Balaban J connectivity index is 1.28. The molecule has 0 radical (unpaired) electrons. The minimum absolute atomic E-state index is 0.0186. The zero-order valence-electron chi connectivity index (χ0n) is 37.5. The molecule has 4 N–H and O–H groups in total. The van der Waals surface area contributed by atoms with Crippen LogP contribution in [0, 0.1) is 0 Å². The van der Waals surface area contributed by atoms with Crippen LogP contribution >= 0.6 is 58.0 Å².